The fourth-order valence-corrected chi connectivity index (χ4v) is 3.72. The lowest BCUT2D eigenvalue weighted by molar-refractivity contribution is 0.0650. The maximum Gasteiger partial charge on any atom is 0.336 e. The summed E-state index contributed by atoms with van der Waals surface area (Å²) in [6, 6.07) is 8.35. The number of aromatic carboxylic acids is 6. The lowest BCUT2D eigenvalue weighted by Gasteiger charge is -2.11. The summed E-state index contributed by atoms with van der Waals surface area (Å²) in [5.74, 6) is -7.29. The van der Waals surface area contributed by atoms with Gasteiger partial charge in [0.25, 0.3) is 0 Å². The quantitative estimate of drug-likeness (QED) is 0.223. The van der Waals surface area contributed by atoms with Crippen molar-refractivity contribution in [1.82, 2.24) is 0 Å². The van der Waals surface area contributed by atoms with E-state index in [4.69, 9.17) is 30.6 Å². The normalized spacial score (nSPS) is 9.86. The van der Waals surface area contributed by atoms with Gasteiger partial charge in [-0.3, -0.25) is 0 Å². The summed E-state index contributed by atoms with van der Waals surface area (Å²) in [6.07, 6.45) is 0. The first kappa shape index (κ1) is 34.5. The van der Waals surface area contributed by atoms with Crippen molar-refractivity contribution in [2.24, 2.45) is 0 Å². The summed E-state index contributed by atoms with van der Waals surface area (Å²) in [7, 11) is 0. The number of hydrogen-bond acceptors (Lipinski definition) is 6. The molecule has 0 amide bonds. The Morgan fingerprint density at radius 2 is 0.762 bits per heavy atom. The summed E-state index contributed by atoms with van der Waals surface area (Å²) in [4.78, 5) is 64.5. The average molecular weight is 583 g/mol. The van der Waals surface area contributed by atoms with Crippen LogP contribution in [-0.4, -0.2) is 66.5 Å². The van der Waals surface area contributed by atoms with Crippen LogP contribution >= 0.6 is 0 Å². The summed E-state index contributed by atoms with van der Waals surface area (Å²) >= 11 is 0. The van der Waals surface area contributed by atoms with Gasteiger partial charge in [-0.15, -0.1) is 0 Å². The second-order valence-electron chi connectivity index (χ2n) is 9.23. The smallest absolute Gasteiger partial charge is 0.336 e. The molecular weight excluding hydrogens is 552 g/mol. The molecule has 0 atom stereocenters. The molecule has 3 rings (SSSR count). The van der Waals surface area contributed by atoms with Crippen LogP contribution in [0.25, 0.3) is 0 Å². The van der Waals surface area contributed by atoms with Crippen molar-refractivity contribution in [3.63, 3.8) is 0 Å². The highest BCUT2D eigenvalue weighted by atomic mass is 16.4. The molecule has 0 unspecified atom stereocenters. The number of benzene rings is 3. The Morgan fingerprint density at radius 3 is 1.12 bits per heavy atom. The van der Waals surface area contributed by atoms with Crippen LogP contribution in [0.1, 0.15) is 95.5 Å². The largest absolute Gasteiger partial charge is 0.478 e. The van der Waals surface area contributed by atoms with Crippen LogP contribution in [0, 0.1) is 41.5 Å². The fraction of sp³-hybridized carbons (Fsp3) is 0.200. The summed E-state index contributed by atoms with van der Waals surface area (Å²) in [5.41, 5.74) is 3.43. The number of carboxylic acids is 6. The number of carboxylic acid groups (broad SMARTS) is 6. The van der Waals surface area contributed by atoms with Gasteiger partial charge in [-0.2, -0.15) is 0 Å². The summed E-state index contributed by atoms with van der Waals surface area (Å²) in [5, 5.41) is 52.7. The molecule has 0 radical (unpaired) electrons. The van der Waals surface area contributed by atoms with Gasteiger partial charge in [0.15, 0.2) is 0 Å². The first-order valence-electron chi connectivity index (χ1n) is 12.0. The maximum atomic E-state index is 10.9. The number of carbonyl (C=O) groups is 6. The Hall–Kier alpha value is -5.52. The van der Waals surface area contributed by atoms with Crippen molar-refractivity contribution >= 4 is 35.8 Å². The molecule has 0 aliphatic rings. The minimum atomic E-state index is -1.22. The SMILES string of the molecule is Cc1cc(C(=O)O)c(C(=O)O)c(C)c1C.Cc1cc(C(=O)O)c(C(=O)O)cc1C.Cc1ccc(C(=O)O)c(C(=O)O)c1. The van der Waals surface area contributed by atoms with E-state index in [9.17, 15) is 28.8 Å². The molecule has 3 aromatic rings. The average Bonchev–Trinajstić information content (AvgIpc) is 2.88. The molecule has 0 aromatic heterocycles. The third-order valence-electron chi connectivity index (χ3n) is 6.33. The van der Waals surface area contributed by atoms with E-state index in [2.05, 4.69) is 0 Å². The molecule has 12 nitrogen and oxygen atoms in total. The van der Waals surface area contributed by atoms with Crippen LogP contribution in [0.3, 0.4) is 0 Å². The minimum Gasteiger partial charge on any atom is -0.478 e. The van der Waals surface area contributed by atoms with Gasteiger partial charge in [-0.25, -0.2) is 28.8 Å². The molecule has 222 valence electrons. The first-order valence-corrected chi connectivity index (χ1v) is 12.0. The minimum absolute atomic E-state index is 0.120. The number of rotatable bonds is 6. The molecule has 0 fully saturated rings. The van der Waals surface area contributed by atoms with E-state index < -0.39 is 35.8 Å². The third kappa shape index (κ3) is 8.49. The number of hydrogen-bond donors (Lipinski definition) is 6. The Labute approximate surface area is 240 Å². The molecule has 3 aromatic carbocycles. The van der Waals surface area contributed by atoms with Gasteiger partial charge in [-0.1, -0.05) is 11.6 Å². The topological polar surface area (TPSA) is 224 Å². The molecule has 0 spiro atoms. The van der Waals surface area contributed by atoms with Gasteiger partial charge >= 0.3 is 35.8 Å². The Balaban J connectivity index is 0.000000316. The van der Waals surface area contributed by atoms with Crippen molar-refractivity contribution in [2.45, 2.75) is 41.5 Å². The highest BCUT2D eigenvalue weighted by molar-refractivity contribution is 6.04. The van der Waals surface area contributed by atoms with Crippen LogP contribution < -0.4 is 0 Å². The highest BCUT2D eigenvalue weighted by Gasteiger charge is 2.21. The van der Waals surface area contributed by atoms with E-state index in [1.165, 1.54) is 30.3 Å². The van der Waals surface area contributed by atoms with Gasteiger partial charge in [0.1, 0.15) is 0 Å². The zero-order valence-electron chi connectivity index (χ0n) is 23.6. The molecule has 0 aliphatic heterocycles. The van der Waals surface area contributed by atoms with Crippen molar-refractivity contribution < 1.29 is 59.4 Å². The predicted octanol–water partition coefficient (Wildman–Crippen LogP) is 5.10. The van der Waals surface area contributed by atoms with Crippen molar-refractivity contribution in [3.05, 3.63) is 103 Å². The molecule has 0 aliphatic carbocycles. The van der Waals surface area contributed by atoms with E-state index >= 15 is 0 Å². The Morgan fingerprint density at radius 1 is 0.405 bits per heavy atom. The second-order valence-corrected chi connectivity index (χ2v) is 9.23. The third-order valence-corrected chi connectivity index (χ3v) is 6.33. The zero-order valence-corrected chi connectivity index (χ0v) is 23.6. The van der Waals surface area contributed by atoms with Crippen LogP contribution in [0.5, 0.6) is 0 Å². The zero-order chi connectivity index (χ0) is 32.6. The standard InChI is InChI=1S/C11H12O4.C10H10O4.C9H8O4/c1-5-4-8(10(12)13)9(11(14)15)7(3)6(5)2;1-5-3-7(9(11)12)8(10(13)14)4-6(5)2;1-5-2-3-6(8(10)11)7(4-5)9(12)13/h4H,1-3H3,(H,12,13)(H,14,15);3-4H,1-2H3,(H,11,12)(H,13,14);2-4H,1H3,(H,10,11)(H,12,13). The van der Waals surface area contributed by atoms with Crippen molar-refractivity contribution in [1.29, 1.82) is 0 Å². The summed E-state index contributed by atoms with van der Waals surface area (Å²) < 4.78 is 0. The van der Waals surface area contributed by atoms with Crippen LogP contribution in [0.15, 0.2) is 36.4 Å². The summed E-state index contributed by atoms with van der Waals surface area (Å²) in [6.45, 7) is 10.4. The first-order chi connectivity index (χ1) is 19.3. The van der Waals surface area contributed by atoms with E-state index in [0.29, 0.717) is 5.56 Å². The van der Waals surface area contributed by atoms with Gasteiger partial charge in [0.05, 0.1) is 33.4 Å². The van der Waals surface area contributed by atoms with E-state index in [0.717, 1.165) is 27.8 Å². The molecule has 42 heavy (non-hydrogen) atoms. The van der Waals surface area contributed by atoms with Gasteiger partial charge in [0, 0.05) is 0 Å². The molecule has 0 heterocycles. The Bertz CT molecular complexity index is 1560. The van der Waals surface area contributed by atoms with Crippen LogP contribution in [0.4, 0.5) is 0 Å². The highest BCUT2D eigenvalue weighted by Crippen LogP contribution is 2.22. The lowest BCUT2D eigenvalue weighted by Crippen LogP contribution is -2.12. The van der Waals surface area contributed by atoms with Crippen LogP contribution in [0.2, 0.25) is 0 Å². The maximum absolute atomic E-state index is 10.9. The van der Waals surface area contributed by atoms with Crippen molar-refractivity contribution in [2.75, 3.05) is 0 Å². The molecule has 12 heteroatoms. The van der Waals surface area contributed by atoms with Crippen molar-refractivity contribution in [3.8, 4) is 0 Å². The van der Waals surface area contributed by atoms with E-state index in [1.54, 1.807) is 47.6 Å². The fourth-order valence-electron chi connectivity index (χ4n) is 3.72. The van der Waals surface area contributed by atoms with E-state index in [1.807, 2.05) is 0 Å². The van der Waals surface area contributed by atoms with E-state index in [-0.39, 0.29) is 33.4 Å². The molecule has 0 bridgehead atoms. The van der Waals surface area contributed by atoms with Crippen LogP contribution in [-0.2, 0) is 0 Å². The monoisotopic (exact) mass is 582 g/mol. The molecule has 0 saturated heterocycles. The lowest BCUT2D eigenvalue weighted by atomic mass is 9.94. The molecule has 6 N–H and O–H groups in total. The van der Waals surface area contributed by atoms with Gasteiger partial charge in [0.2, 0.25) is 0 Å². The van der Waals surface area contributed by atoms with Gasteiger partial charge < -0.3 is 30.6 Å². The number of aryl methyl sites for hydroxylation is 4. The predicted molar refractivity (Wildman–Crippen MR) is 150 cm³/mol. The van der Waals surface area contributed by atoms with Gasteiger partial charge in [-0.05, 0) is 99.7 Å². The molecule has 0 saturated carbocycles. The second kappa shape index (κ2) is 14.2. The molecular formula is C30H30O12. The Kier molecular flexibility index (Phi) is 11.7.